The highest BCUT2D eigenvalue weighted by Gasteiger charge is 2.47. The highest BCUT2D eigenvalue weighted by Crippen LogP contribution is 2.58. The van der Waals surface area contributed by atoms with Crippen LogP contribution in [0, 0.1) is 19.8 Å². The summed E-state index contributed by atoms with van der Waals surface area (Å²) in [6.45, 7) is 26.1. The second kappa shape index (κ2) is 14.1. The minimum absolute atomic E-state index is 0.0359. The first-order valence-corrected chi connectivity index (χ1v) is 20.6. The number of allylic oxidation sites excluding steroid dienone is 9. The minimum atomic E-state index is -3.41. The minimum Gasteiger partial charge on any atom is -0.309 e. The zero-order valence-corrected chi connectivity index (χ0v) is 33.1. The third-order valence-electron chi connectivity index (χ3n) is 11.7. The first kappa shape index (κ1) is 36.3. The number of benzene rings is 4. The molecule has 2 aliphatic rings. The lowest BCUT2D eigenvalue weighted by atomic mass is 9.69. The van der Waals surface area contributed by atoms with E-state index in [9.17, 15) is 0 Å². The maximum Gasteiger partial charge on any atom is 0.226 e. The maximum atomic E-state index is 16.7. The van der Waals surface area contributed by atoms with Gasteiger partial charge >= 0.3 is 0 Å². The molecule has 4 aromatic carbocycles. The second-order valence-electron chi connectivity index (χ2n) is 15.1. The van der Waals surface area contributed by atoms with Crippen LogP contribution in [-0.4, -0.2) is 0 Å². The predicted octanol–water partition coefficient (Wildman–Crippen LogP) is 12.5. The summed E-state index contributed by atoms with van der Waals surface area (Å²) in [4.78, 5) is 0. The molecule has 5 aromatic rings. The van der Waals surface area contributed by atoms with Gasteiger partial charge in [0.05, 0.1) is 16.4 Å². The van der Waals surface area contributed by atoms with Crippen LogP contribution in [0.1, 0.15) is 63.6 Å². The molecule has 0 radical (unpaired) electrons. The van der Waals surface area contributed by atoms with E-state index in [1.807, 2.05) is 6.92 Å². The lowest BCUT2D eigenvalue weighted by Gasteiger charge is -2.37. The van der Waals surface area contributed by atoms with E-state index < -0.39 is 7.14 Å². The van der Waals surface area contributed by atoms with Crippen molar-refractivity contribution in [2.45, 2.75) is 66.2 Å². The fourth-order valence-corrected chi connectivity index (χ4v) is 11.7. The van der Waals surface area contributed by atoms with Crippen LogP contribution < -0.4 is 15.2 Å². The summed E-state index contributed by atoms with van der Waals surface area (Å²) in [6, 6.07) is 32.5. The number of hydrogen-bond acceptors (Lipinski definition) is 1. The van der Waals surface area contributed by atoms with Crippen LogP contribution in [0.5, 0.6) is 0 Å². The molecule has 3 heteroatoms. The van der Waals surface area contributed by atoms with Crippen molar-refractivity contribution < 1.29 is 9.13 Å². The summed E-state index contributed by atoms with van der Waals surface area (Å²) in [7, 11) is -3.41. The molecule has 0 bridgehead atoms. The summed E-state index contributed by atoms with van der Waals surface area (Å²) in [5, 5.41) is 4.98. The third-order valence-corrected chi connectivity index (χ3v) is 14.9. The molecule has 266 valence electrons. The molecular formula is C50H51NOP+. The van der Waals surface area contributed by atoms with E-state index in [0.29, 0.717) is 6.42 Å². The van der Waals surface area contributed by atoms with Gasteiger partial charge in [-0.2, -0.15) is 4.57 Å². The van der Waals surface area contributed by atoms with Crippen molar-refractivity contribution in [1.82, 2.24) is 0 Å². The number of nitrogens with zero attached hydrogens (tertiary/aromatic N) is 1. The van der Waals surface area contributed by atoms with E-state index in [2.05, 4.69) is 174 Å². The van der Waals surface area contributed by atoms with Crippen molar-refractivity contribution in [3.8, 4) is 22.4 Å². The lowest BCUT2D eigenvalue weighted by Crippen LogP contribution is -2.49. The second-order valence-corrected chi connectivity index (χ2v) is 18.0. The molecular weight excluding hydrogens is 662 g/mol. The van der Waals surface area contributed by atoms with Crippen LogP contribution in [0.3, 0.4) is 0 Å². The van der Waals surface area contributed by atoms with Crippen LogP contribution in [0.15, 0.2) is 163 Å². The van der Waals surface area contributed by atoms with Crippen LogP contribution in [0.4, 0.5) is 0 Å². The number of aromatic nitrogens is 1. The van der Waals surface area contributed by atoms with Gasteiger partial charge in [0.15, 0.2) is 19.0 Å². The number of pyridine rings is 1. The zero-order chi connectivity index (χ0) is 37.7. The van der Waals surface area contributed by atoms with E-state index in [1.54, 1.807) is 0 Å². The molecule has 2 unspecified atom stereocenters. The number of fused-ring (bicyclic) bond motifs is 5. The molecule has 0 spiro atoms. The van der Waals surface area contributed by atoms with Gasteiger partial charge in [0.1, 0.15) is 0 Å². The first-order chi connectivity index (χ1) is 25.4. The van der Waals surface area contributed by atoms with Gasteiger partial charge in [-0.05, 0) is 110 Å². The highest BCUT2D eigenvalue weighted by molar-refractivity contribution is 7.82. The molecule has 2 heterocycles. The fraction of sp³-hybridized carbons (Fsp3) is 0.220. The van der Waals surface area contributed by atoms with E-state index in [1.165, 1.54) is 27.6 Å². The van der Waals surface area contributed by atoms with E-state index in [4.69, 9.17) is 6.58 Å². The molecule has 7 rings (SSSR count). The van der Waals surface area contributed by atoms with Gasteiger partial charge in [0, 0.05) is 22.6 Å². The molecule has 53 heavy (non-hydrogen) atoms. The molecule has 0 saturated heterocycles. The van der Waals surface area contributed by atoms with Crippen molar-refractivity contribution in [2.24, 2.45) is 5.92 Å². The Morgan fingerprint density at radius 1 is 0.887 bits per heavy atom. The highest BCUT2D eigenvalue weighted by atomic mass is 31.2. The molecule has 0 amide bonds. The summed E-state index contributed by atoms with van der Waals surface area (Å²) < 4.78 is 19.0. The van der Waals surface area contributed by atoms with E-state index in [0.717, 1.165) is 73.4 Å². The molecule has 1 aliphatic heterocycles. The van der Waals surface area contributed by atoms with Crippen LogP contribution in [0.2, 0.25) is 0 Å². The summed E-state index contributed by atoms with van der Waals surface area (Å²) in [5.74, 6) is 0.0359. The normalized spacial score (nSPS) is 17.5. The smallest absolute Gasteiger partial charge is 0.226 e. The molecule has 0 fully saturated rings. The standard InChI is InChI=1S/C50H51NOP/c1-10-50(11-2)37(9)51-27-26-38-16-12-13-21-44(38)49(51)47-32-43(24-25-48(47)50)53(52,41-19-14-17-39(30-41)45(34(5)6)28-33(3)4)42-20-15-18-40(31-42)46-29-35(7)22-23-36(46)8/h12-29,31-32,39H,3,5,9-11,30H2,1-2,4,6-8H3/q+1. The van der Waals surface area contributed by atoms with Crippen molar-refractivity contribution in [2.75, 3.05) is 0 Å². The van der Waals surface area contributed by atoms with Gasteiger partial charge < -0.3 is 4.57 Å². The van der Waals surface area contributed by atoms with Gasteiger partial charge in [0.25, 0.3) is 0 Å². The summed E-state index contributed by atoms with van der Waals surface area (Å²) >= 11 is 0. The Labute approximate surface area is 316 Å². The fourth-order valence-electron chi connectivity index (χ4n) is 8.80. The van der Waals surface area contributed by atoms with Gasteiger partial charge in [0.2, 0.25) is 5.69 Å². The molecule has 1 aliphatic carbocycles. The van der Waals surface area contributed by atoms with Gasteiger partial charge in [-0.25, -0.2) is 0 Å². The summed E-state index contributed by atoms with van der Waals surface area (Å²) in [5.41, 5.74) is 12.1. The van der Waals surface area contributed by atoms with E-state index >= 15 is 4.57 Å². The molecule has 2 nitrogen and oxygen atoms in total. The SMILES string of the molecule is C=C(C)C=C(C(=C)C)C1C=CC=C(P(=O)(c2cccc(-c3cc(C)ccc3C)c2)c2ccc3c(c2)-c2c4ccccc4cc[n+]2C(=C)C3(CC)CC)C1. The Bertz CT molecular complexity index is 2480. The Hall–Kier alpha value is -5.04. The van der Waals surface area contributed by atoms with Crippen LogP contribution in [-0.2, 0) is 9.98 Å². The average molecular weight is 713 g/mol. The lowest BCUT2D eigenvalue weighted by molar-refractivity contribution is -0.576. The van der Waals surface area contributed by atoms with Crippen molar-refractivity contribution in [1.29, 1.82) is 0 Å². The third kappa shape index (κ3) is 6.08. The molecule has 0 N–H and O–H groups in total. The maximum absolute atomic E-state index is 16.7. The molecule has 0 saturated carbocycles. The Morgan fingerprint density at radius 2 is 1.64 bits per heavy atom. The Morgan fingerprint density at radius 3 is 2.38 bits per heavy atom. The monoisotopic (exact) mass is 712 g/mol. The van der Waals surface area contributed by atoms with Crippen LogP contribution >= 0.6 is 7.14 Å². The van der Waals surface area contributed by atoms with E-state index in [-0.39, 0.29) is 11.3 Å². The molecule has 2 atom stereocenters. The Balaban J connectivity index is 1.51. The van der Waals surface area contributed by atoms with Gasteiger partial charge in [-0.3, -0.25) is 0 Å². The number of rotatable bonds is 9. The predicted molar refractivity (Wildman–Crippen MR) is 228 cm³/mol. The van der Waals surface area contributed by atoms with Crippen molar-refractivity contribution in [3.63, 3.8) is 0 Å². The topological polar surface area (TPSA) is 20.9 Å². The molecule has 1 aromatic heterocycles. The first-order valence-electron chi connectivity index (χ1n) is 18.9. The number of aryl methyl sites for hydroxylation is 2. The number of hydrogen-bond donors (Lipinski definition) is 0. The van der Waals surface area contributed by atoms with Crippen molar-refractivity contribution >= 4 is 34.2 Å². The van der Waals surface area contributed by atoms with Gasteiger partial charge in [-0.15, -0.1) is 0 Å². The van der Waals surface area contributed by atoms with Crippen molar-refractivity contribution in [3.05, 3.63) is 180 Å². The van der Waals surface area contributed by atoms with Gasteiger partial charge in [-0.1, -0.05) is 135 Å². The zero-order valence-electron chi connectivity index (χ0n) is 32.2. The average Bonchev–Trinajstić information content (AvgIpc) is 3.17. The summed E-state index contributed by atoms with van der Waals surface area (Å²) in [6.07, 6.45) is 13.2. The largest absolute Gasteiger partial charge is 0.309 e. The van der Waals surface area contributed by atoms with Crippen LogP contribution in [0.25, 0.3) is 38.9 Å². The quantitative estimate of drug-likeness (QED) is 0.0847. The Kier molecular flexibility index (Phi) is 9.64.